The smallest absolute Gasteiger partial charge is 0.225 e. The van der Waals surface area contributed by atoms with Crippen molar-refractivity contribution in [2.45, 2.75) is 26.2 Å². The molecular formula is C19H26FN3O2. The molecule has 0 N–H and O–H groups in total. The van der Waals surface area contributed by atoms with Crippen molar-refractivity contribution in [3.8, 4) is 0 Å². The predicted octanol–water partition coefficient (Wildman–Crippen LogP) is 2.12. The second kappa shape index (κ2) is 7.85. The molecule has 3 rings (SSSR count). The van der Waals surface area contributed by atoms with Crippen LogP contribution in [0.1, 0.15) is 26.2 Å². The van der Waals surface area contributed by atoms with Crippen LogP contribution in [0.5, 0.6) is 0 Å². The maximum atomic E-state index is 13.9. The first kappa shape index (κ1) is 17.7. The normalized spacial score (nSPS) is 19.2. The molecule has 6 heteroatoms. The number of hydrogen-bond donors (Lipinski definition) is 0. The van der Waals surface area contributed by atoms with Gasteiger partial charge in [0.15, 0.2) is 0 Å². The van der Waals surface area contributed by atoms with Crippen LogP contribution in [0.4, 0.5) is 10.1 Å². The van der Waals surface area contributed by atoms with Crippen molar-refractivity contribution in [1.82, 2.24) is 9.80 Å². The van der Waals surface area contributed by atoms with Crippen molar-refractivity contribution in [2.75, 3.05) is 44.2 Å². The Balaban J connectivity index is 1.51. The molecule has 2 saturated heterocycles. The zero-order chi connectivity index (χ0) is 17.8. The highest BCUT2D eigenvalue weighted by Crippen LogP contribution is 2.23. The van der Waals surface area contributed by atoms with Crippen molar-refractivity contribution >= 4 is 17.5 Å². The van der Waals surface area contributed by atoms with E-state index in [0.717, 1.165) is 12.8 Å². The summed E-state index contributed by atoms with van der Waals surface area (Å²) < 4.78 is 13.9. The summed E-state index contributed by atoms with van der Waals surface area (Å²) in [4.78, 5) is 30.2. The van der Waals surface area contributed by atoms with Crippen LogP contribution in [-0.4, -0.2) is 60.9 Å². The number of piperidine rings is 1. The molecule has 1 aromatic rings. The number of benzene rings is 1. The number of hydrogen-bond acceptors (Lipinski definition) is 3. The topological polar surface area (TPSA) is 43.9 Å². The van der Waals surface area contributed by atoms with Gasteiger partial charge in [-0.3, -0.25) is 9.59 Å². The van der Waals surface area contributed by atoms with Crippen LogP contribution in [0.2, 0.25) is 0 Å². The first-order valence-corrected chi connectivity index (χ1v) is 9.16. The Labute approximate surface area is 148 Å². The molecule has 1 aromatic carbocycles. The van der Waals surface area contributed by atoms with Crippen LogP contribution in [-0.2, 0) is 9.59 Å². The maximum absolute atomic E-state index is 13.9. The fourth-order valence-corrected chi connectivity index (χ4v) is 3.73. The van der Waals surface area contributed by atoms with E-state index in [1.807, 2.05) is 27.7 Å². The van der Waals surface area contributed by atoms with Gasteiger partial charge in [-0.15, -0.1) is 0 Å². The van der Waals surface area contributed by atoms with Gasteiger partial charge in [0.2, 0.25) is 11.8 Å². The van der Waals surface area contributed by atoms with Crippen molar-refractivity contribution in [1.29, 1.82) is 0 Å². The number of carbonyl (C=O) groups excluding carboxylic acids is 2. The van der Waals surface area contributed by atoms with E-state index in [1.54, 1.807) is 12.1 Å². The number of amides is 2. The van der Waals surface area contributed by atoms with Crippen molar-refractivity contribution < 1.29 is 14.0 Å². The van der Waals surface area contributed by atoms with E-state index in [1.165, 1.54) is 6.07 Å². The molecular weight excluding hydrogens is 321 g/mol. The first-order valence-electron chi connectivity index (χ1n) is 9.16. The summed E-state index contributed by atoms with van der Waals surface area (Å²) in [6.45, 7) is 5.79. The minimum Gasteiger partial charge on any atom is -0.366 e. The van der Waals surface area contributed by atoms with Gasteiger partial charge in [-0.2, -0.15) is 0 Å². The van der Waals surface area contributed by atoms with Gasteiger partial charge in [-0.1, -0.05) is 19.1 Å². The Hall–Kier alpha value is -2.11. The molecule has 2 aliphatic heterocycles. The molecule has 0 aliphatic carbocycles. The minimum absolute atomic E-state index is 0.0147. The lowest BCUT2D eigenvalue weighted by atomic mass is 9.94. The van der Waals surface area contributed by atoms with Gasteiger partial charge in [-0.05, 0) is 25.0 Å². The third-order valence-electron chi connectivity index (χ3n) is 5.28. The molecule has 0 atom stereocenters. The molecule has 0 bridgehead atoms. The van der Waals surface area contributed by atoms with Crippen LogP contribution >= 0.6 is 0 Å². The first-order chi connectivity index (χ1) is 12.1. The molecule has 0 aromatic heterocycles. The average Bonchev–Trinajstić information content (AvgIpc) is 2.67. The summed E-state index contributed by atoms with van der Waals surface area (Å²) in [6.07, 6.45) is 2.02. The van der Waals surface area contributed by atoms with Crippen molar-refractivity contribution in [3.63, 3.8) is 0 Å². The molecule has 25 heavy (non-hydrogen) atoms. The number of rotatable bonds is 3. The predicted molar refractivity (Wildman–Crippen MR) is 94.8 cm³/mol. The largest absolute Gasteiger partial charge is 0.366 e. The quantitative estimate of drug-likeness (QED) is 0.841. The van der Waals surface area contributed by atoms with Gasteiger partial charge in [0.05, 0.1) is 5.69 Å². The highest BCUT2D eigenvalue weighted by molar-refractivity contribution is 5.80. The van der Waals surface area contributed by atoms with Gasteiger partial charge < -0.3 is 14.7 Å². The summed E-state index contributed by atoms with van der Waals surface area (Å²) in [6, 6.07) is 6.78. The van der Waals surface area contributed by atoms with Crippen LogP contribution in [0.15, 0.2) is 24.3 Å². The van der Waals surface area contributed by atoms with E-state index < -0.39 is 0 Å². The number of piperazine rings is 1. The summed E-state index contributed by atoms with van der Waals surface area (Å²) in [7, 11) is 0. The molecule has 5 nitrogen and oxygen atoms in total. The Morgan fingerprint density at radius 2 is 1.64 bits per heavy atom. The van der Waals surface area contributed by atoms with Gasteiger partial charge in [0, 0.05) is 51.6 Å². The van der Waals surface area contributed by atoms with Crippen molar-refractivity contribution in [2.24, 2.45) is 5.92 Å². The number of para-hydroxylation sites is 1. The van der Waals surface area contributed by atoms with Gasteiger partial charge in [0.25, 0.3) is 0 Å². The Bertz CT molecular complexity index is 621. The lowest BCUT2D eigenvalue weighted by molar-refractivity contribution is -0.140. The van der Waals surface area contributed by atoms with Crippen LogP contribution < -0.4 is 4.90 Å². The summed E-state index contributed by atoms with van der Waals surface area (Å²) in [5, 5.41) is 0. The average molecular weight is 347 g/mol. The lowest BCUT2D eigenvalue weighted by Crippen LogP contribution is -2.52. The molecule has 2 heterocycles. The Morgan fingerprint density at radius 1 is 1.00 bits per heavy atom. The van der Waals surface area contributed by atoms with Crippen molar-refractivity contribution in [3.05, 3.63) is 30.1 Å². The van der Waals surface area contributed by atoms with E-state index in [-0.39, 0.29) is 23.5 Å². The number of anilines is 1. The van der Waals surface area contributed by atoms with Gasteiger partial charge >= 0.3 is 0 Å². The summed E-state index contributed by atoms with van der Waals surface area (Å²) in [5.41, 5.74) is 0.612. The lowest BCUT2D eigenvalue weighted by Gasteiger charge is -2.39. The molecule has 0 unspecified atom stereocenters. The number of likely N-dealkylation sites (tertiary alicyclic amines) is 1. The van der Waals surface area contributed by atoms with E-state index in [9.17, 15) is 14.0 Å². The Morgan fingerprint density at radius 3 is 2.24 bits per heavy atom. The third-order valence-corrected chi connectivity index (χ3v) is 5.28. The highest BCUT2D eigenvalue weighted by Gasteiger charge is 2.31. The second-order valence-corrected chi connectivity index (χ2v) is 6.77. The number of nitrogens with zero attached hydrogens (tertiary/aromatic N) is 3. The van der Waals surface area contributed by atoms with Gasteiger partial charge in [-0.25, -0.2) is 4.39 Å². The molecule has 2 fully saturated rings. The summed E-state index contributed by atoms with van der Waals surface area (Å²) >= 11 is 0. The molecule has 2 aliphatic rings. The third kappa shape index (κ3) is 3.94. The SMILES string of the molecule is CCC(=O)N1CCC(C(=O)N2CCN(c3ccccc3F)CC2)CC1. The molecule has 2 amide bonds. The number of carbonyl (C=O) groups is 2. The maximum Gasteiger partial charge on any atom is 0.225 e. The zero-order valence-corrected chi connectivity index (χ0v) is 14.8. The van der Waals surface area contributed by atoms with E-state index in [0.29, 0.717) is 51.4 Å². The van der Waals surface area contributed by atoms with Crippen LogP contribution in [0.25, 0.3) is 0 Å². The zero-order valence-electron chi connectivity index (χ0n) is 14.8. The fraction of sp³-hybridized carbons (Fsp3) is 0.579. The summed E-state index contributed by atoms with van der Waals surface area (Å²) in [5.74, 6) is 0.164. The van der Waals surface area contributed by atoms with E-state index in [4.69, 9.17) is 0 Å². The Kier molecular flexibility index (Phi) is 5.56. The second-order valence-electron chi connectivity index (χ2n) is 6.77. The van der Waals surface area contributed by atoms with E-state index in [2.05, 4.69) is 0 Å². The van der Waals surface area contributed by atoms with E-state index >= 15 is 0 Å². The van der Waals surface area contributed by atoms with Crippen LogP contribution in [0.3, 0.4) is 0 Å². The monoisotopic (exact) mass is 347 g/mol. The fourth-order valence-electron chi connectivity index (χ4n) is 3.73. The highest BCUT2D eigenvalue weighted by atomic mass is 19.1. The molecule has 0 radical (unpaired) electrons. The minimum atomic E-state index is -0.213. The molecule has 0 saturated carbocycles. The number of halogens is 1. The van der Waals surface area contributed by atoms with Gasteiger partial charge in [0.1, 0.15) is 5.82 Å². The molecule has 0 spiro atoms. The standard InChI is InChI=1S/C19H26FN3O2/c1-2-18(24)22-9-7-15(8-10-22)19(25)23-13-11-21(12-14-23)17-6-4-3-5-16(17)20/h3-6,15H,2,7-14H2,1H3. The van der Waals surface area contributed by atoms with Crippen LogP contribution in [0, 0.1) is 11.7 Å². The molecule has 136 valence electrons.